The molecule has 1 aliphatic rings. The maximum Gasteiger partial charge on any atom is 0.410 e. The van der Waals surface area contributed by atoms with Crippen LogP contribution in [-0.4, -0.2) is 74.2 Å². The van der Waals surface area contributed by atoms with Crippen molar-refractivity contribution < 1.29 is 23.1 Å². The highest BCUT2D eigenvalue weighted by Crippen LogP contribution is 2.39. The number of hydrogen-bond acceptors (Lipinski definition) is 8. The van der Waals surface area contributed by atoms with Gasteiger partial charge >= 0.3 is 6.09 Å². The minimum atomic E-state index is -2.17. The number of nitrogens with zero attached hydrogens (tertiary/aromatic N) is 7. The number of piperidine rings is 1. The predicted molar refractivity (Wildman–Crippen MR) is 185 cm³/mol. The van der Waals surface area contributed by atoms with Crippen LogP contribution >= 0.6 is 11.6 Å². The van der Waals surface area contributed by atoms with Crippen molar-refractivity contribution in [3.8, 4) is 17.0 Å². The molecule has 5 rings (SSSR count). The van der Waals surface area contributed by atoms with Gasteiger partial charge in [-0.3, -0.25) is 4.98 Å². The summed E-state index contributed by atoms with van der Waals surface area (Å²) in [6, 6.07) is 4.90. The van der Waals surface area contributed by atoms with Gasteiger partial charge in [0.1, 0.15) is 28.4 Å². The second-order valence-corrected chi connectivity index (χ2v) is 20.4. The quantitative estimate of drug-likeness (QED) is 0.170. The van der Waals surface area contributed by atoms with Crippen LogP contribution in [0.5, 0.6) is 5.75 Å². The lowest BCUT2D eigenvalue weighted by molar-refractivity contribution is 0.0116. The Morgan fingerprint density at radius 3 is 2.52 bits per heavy atom. The Balaban J connectivity index is 1.45. The van der Waals surface area contributed by atoms with Gasteiger partial charge in [-0.2, -0.15) is 5.10 Å². The van der Waals surface area contributed by atoms with Gasteiger partial charge in [0.2, 0.25) is 0 Å². The molecule has 0 aromatic carbocycles. The van der Waals surface area contributed by atoms with E-state index in [1.807, 2.05) is 44.6 Å². The second kappa shape index (κ2) is 13.4. The van der Waals surface area contributed by atoms with Crippen LogP contribution in [0, 0.1) is 18.7 Å². The third-order valence-electron chi connectivity index (χ3n) is 9.31. The highest BCUT2D eigenvalue weighted by atomic mass is 35.5. The molecule has 3 atom stereocenters. The molecule has 1 aliphatic heterocycles. The molecule has 0 spiro atoms. The lowest BCUT2D eigenvalue weighted by Crippen LogP contribution is -2.45. The molecule has 11 nitrogen and oxygen atoms in total. The van der Waals surface area contributed by atoms with E-state index in [1.165, 1.54) is 12.3 Å². The van der Waals surface area contributed by atoms with Gasteiger partial charge in [-0.25, -0.2) is 18.4 Å². The van der Waals surface area contributed by atoms with Gasteiger partial charge in [0.15, 0.2) is 14.4 Å². The molecule has 0 aliphatic carbocycles. The van der Waals surface area contributed by atoms with Crippen LogP contribution < -0.4 is 4.74 Å². The van der Waals surface area contributed by atoms with E-state index in [1.54, 1.807) is 21.7 Å². The van der Waals surface area contributed by atoms with Crippen molar-refractivity contribution in [3.63, 3.8) is 0 Å². The minimum absolute atomic E-state index is 0.0249. The number of ether oxygens (including phenoxy) is 2. The van der Waals surface area contributed by atoms with Gasteiger partial charge in [-0.05, 0) is 76.4 Å². The minimum Gasteiger partial charge on any atom is -0.479 e. The maximum absolute atomic E-state index is 13.9. The summed E-state index contributed by atoms with van der Waals surface area (Å²) >= 11 is 6.64. The molecule has 1 saturated heterocycles. The highest BCUT2D eigenvalue weighted by Gasteiger charge is 2.38. The molecule has 1 fully saturated rings. The monoisotopic (exact) mass is 699 g/mol. The summed E-state index contributed by atoms with van der Waals surface area (Å²) in [4.78, 5) is 18.8. The van der Waals surface area contributed by atoms with E-state index in [4.69, 9.17) is 25.5 Å². The molecular weight excluding hydrogens is 653 g/mol. The molecule has 260 valence electrons. The van der Waals surface area contributed by atoms with Crippen LogP contribution in [0.3, 0.4) is 0 Å². The number of likely N-dealkylation sites (tertiary alicyclic amines) is 1. The molecular formula is C34H47ClFN7O4Si. The van der Waals surface area contributed by atoms with Gasteiger partial charge < -0.3 is 18.8 Å². The van der Waals surface area contributed by atoms with E-state index in [9.17, 15) is 9.18 Å². The number of fused-ring (bicyclic) bond motifs is 1. The van der Waals surface area contributed by atoms with Gasteiger partial charge in [0.25, 0.3) is 0 Å². The molecule has 3 unspecified atom stereocenters. The molecule has 0 bridgehead atoms. The van der Waals surface area contributed by atoms with Gasteiger partial charge in [0, 0.05) is 24.8 Å². The number of rotatable bonds is 8. The Hall–Kier alpha value is -3.55. The predicted octanol–water partition coefficient (Wildman–Crippen LogP) is 8.05. The zero-order valence-corrected chi connectivity index (χ0v) is 31.3. The first-order valence-corrected chi connectivity index (χ1v) is 19.6. The summed E-state index contributed by atoms with van der Waals surface area (Å²) in [6.07, 6.45) is 4.35. The second-order valence-electron chi connectivity index (χ2n) is 15.2. The number of carbonyl (C=O) groups is 1. The Kier molecular flexibility index (Phi) is 9.98. The number of halogens is 2. The number of hydrogen-bond donors (Lipinski definition) is 0. The fraction of sp³-hybridized carbons (Fsp3) is 0.559. The number of pyridine rings is 2. The normalized spacial score (nSPS) is 18.3. The van der Waals surface area contributed by atoms with E-state index < -0.39 is 25.8 Å². The van der Waals surface area contributed by atoms with E-state index in [2.05, 4.69) is 61.2 Å². The summed E-state index contributed by atoms with van der Waals surface area (Å²) in [5.41, 5.74) is 2.83. The van der Waals surface area contributed by atoms with Crippen molar-refractivity contribution in [1.82, 2.24) is 34.5 Å². The Labute approximate surface area is 287 Å². The van der Waals surface area contributed by atoms with E-state index >= 15 is 0 Å². The first kappa shape index (κ1) is 35.7. The van der Waals surface area contributed by atoms with E-state index in [0.717, 1.165) is 11.3 Å². The fourth-order valence-electron chi connectivity index (χ4n) is 5.59. The van der Waals surface area contributed by atoms with Crippen molar-refractivity contribution in [3.05, 3.63) is 59.0 Å². The van der Waals surface area contributed by atoms with Gasteiger partial charge in [0.05, 0.1) is 41.5 Å². The molecule has 4 aromatic heterocycles. The average molecular weight is 700 g/mol. The van der Waals surface area contributed by atoms with Crippen LogP contribution in [0.2, 0.25) is 23.2 Å². The lowest BCUT2D eigenvalue weighted by atomic mass is 9.94. The Morgan fingerprint density at radius 2 is 1.90 bits per heavy atom. The number of carbonyl (C=O) groups excluding carboxylic acids is 1. The van der Waals surface area contributed by atoms with E-state index in [0.29, 0.717) is 47.2 Å². The van der Waals surface area contributed by atoms with Gasteiger partial charge in [-0.15, -0.1) is 5.10 Å². The number of aromatic nitrogens is 6. The molecule has 14 heteroatoms. The molecule has 0 N–H and O–H groups in total. The van der Waals surface area contributed by atoms with Crippen molar-refractivity contribution in [1.29, 1.82) is 0 Å². The average Bonchev–Trinajstić information content (AvgIpc) is 3.56. The SMILES string of the molecule is Cc1c(-c2cc(OC(CO[Si](C)(C)C(C)(C)C)c3ccc(F)cn3)c3c(Cl)cnn3c2)nnn1C1CCN(C(=O)OC(C)(C)C)CC1C. The van der Waals surface area contributed by atoms with Crippen LogP contribution in [0.1, 0.15) is 78.4 Å². The Morgan fingerprint density at radius 1 is 1.17 bits per heavy atom. The fourth-order valence-corrected chi connectivity index (χ4v) is 6.81. The summed E-state index contributed by atoms with van der Waals surface area (Å²) in [5.74, 6) is 0.142. The zero-order chi connectivity index (χ0) is 35.2. The third kappa shape index (κ3) is 7.68. The summed E-state index contributed by atoms with van der Waals surface area (Å²) < 4.78 is 36.3. The van der Waals surface area contributed by atoms with E-state index in [-0.39, 0.29) is 29.7 Å². The first-order valence-electron chi connectivity index (χ1n) is 16.3. The summed E-state index contributed by atoms with van der Waals surface area (Å²) in [6.45, 7) is 21.9. The van der Waals surface area contributed by atoms with Crippen LogP contribution in [0.4, 0.5) is 9.18 Å². The molecule has 1 amide bonds. The summed E-state index contributed by atoms with van der Waals surface area (Å²) in [5, 5.41) is 14.0. The number of amides is 1. The Bertz CT molecular complexity index is 1760. The largest absolute Gasteiger partial charge is 0.479 e. The van der Waals surface area contributed by atoms with Crippen LogP contribution in [0.25, 0.3) is 16.8 Å². The molecule has 0 saturated carbocycles. The molecule has 4 aromatic rings. The molecule has 5 heterocycles. The van der Waals surface area contributed by atoms with Crippen molar-refractivity contribution >= 4 is 31.5 Å². The smallest absolute Gasteiger partial charge is 0.410 e. The van der Waals surface area contributed by atoms with Crippen molar-refractivity contribution in [2.75, 3.05) is 19.7 Å². The van der Waals surface area contributed by atoms with Gasteiger partial charge in [-0.1, -0.05) is 44.5 Å². The van der Waals surface area contributed by atoms with Crippen molar-refractivity contribution in [2.45, 2.75) is 97.7 Å². The molecule has 0 radical (unpaired) electrons. The summed E-state index contributed by atoms with van der Waals surface area (Å²) in [7, 11) is -2.17. The molecule has 48 heavy (non-hydrogen) atoms. The van der Waals surface area contributed by atoms with Crippen molar-refractivity contribution in [2.24, 2.45) is 5.92 Å². The standard InChI is InChI=1S/C34H47ClFN7O4Si/c1-21-18-41(32(44)47-33(3,4)5)14-13-27(21)43-22(2)30(39-40-43)23-15-28(31-25(35)17-38-42(31)19-23)46-29(26-12-11-24(36)16-37-26)20-45-48(9,10)34(6,7)8/h11-12,15-17,19,21,27,29H,13-14,18,20H2,1-10H3. The zero-order valence-electron chi connectivity index (χ0n) is 29.5. The van der Waals surface area contributed by atoms with Crippen LogP contribution in [0.15, 0.2) is 36.8 Å². The first-order chi connectivity index (χ1) is 22.3. The highest BCUT2D eigenvalue weighted by molar-refractivity contribution is 6.74. The third-order valence-corrected chi connectivity index (χ3v) is 14.1. The van der Waals surface area contributed by atoms with Crippen LogP contribution in [-0.2, 0) is 9.16 Å². The maximum atomic E-state index is 13.9. The lowest BCUT2D eigenvalue weighted by Gasteiger charge is -2.37. The topological polar surface area (TPSA) is 109 Å².